The van der Waals surface area contributed by atoms with Crippen molar-refractivity contribution in [1.82, 2.24) is 4.98 Å². The Kier molecular flexibility index (Phi) is 6.88. The van der Waals surface area contributed by atoms with Crippen LogP contribution in [0.5, 0.6) is 11.5 Å². The normalized spacial score (nSPS) is 11.1. The van der Waals surface area contributed by atoms with Gasteiger partial charge in [0, 0.05) is 29.8 Å². The van der Waals surface area contributed by atoms with Gasteiger partial charge in [0.05, 0.1) is 20.8 Å². The largest absolute Gasteiger partial charge is 0.424 e. The lowest BCUT2D eigenvalue weighted by atomic mass is 10.1. The molecule has 2 aromatic carbocycles. The molecule has 0 radical (unpaired) electrons. The van der Waals surface area contributed by atoms with Gasteiger partial charge in [-0.15, -0.1) is 0 Å². The molecule has 1 heterocycles. The fourth-order valence-corrected chi connectivity index (χ4v) is 3.77. The number of halogens is 4. The molecule has 154 valence electrons. The number of benzene rings is 2. The summed E-state index contributed by atoms with van der Waals surface area (Å²) >= 11 is 24.6. The van der Waals surface area contributed by atoms with E-state index in [1.54, 1.807) is 30.4 Å². The number of fused-ring (bicyclic) bond motifs is 1. The van der Waals surface area contributed by atoms with Gasteiger partial charge in [-0.25, -0.2) is 4.98 Å². The van der Waals surface area contributed by atoms with E-state index in [0.717, 1.165) is 0 Å². The zero-order valence-electron chi connectivity index (χ0n) is 15.6. The SMILES string of the molecule is CC(=O)Oc1c(Cl)cc(Cl)cc1/C=C/c1ccc2c(Cl)cc(Cl)c(OC(C)=O)c2n1. The van der Waals surface area contributed by atoms with Gasteiger partial charge in [0.1, 0.15) is 5.52 Å². The second kappa shape index (κ2) is 9.23. The molecule has 3 rings (SSSR count). The molecular formula is C21H13Cl4NO4. The van der Waals surface area contributed by atoms with Gasteiger partial charge < -0.3 is 9.47 Å². The van der Waals surface area contributed by atoms with E-state index in [1.807, 2.05) is 0 Å². The van der Waals surface area contributed by atoms with Gasteiger partial charge in [-0.3, -0.25) is 9.59 Å². The quantitative estimate of drug-likeness (QED) is 0.298. The van der Waals surface area contributed by atoms with Gasteiger partial charge in [0.25, 0.3) is 0 Å². The van der Waals surface area contributed by atoms with Crippen molar-refractivity contribution < 1.29 is 19.1 Å². The number of aromatic nitrogens is 1. The minimum atomic E-state index is -0.539. The molecule has 0 amide bonds. The van der Waals surface area contributed by atoms with Crippen LogP contribution in [-0.2, 0) is 9.59 Å². The van der Waals surface area contributed by atoms with Crippen LogP contribution in [0.25, 0.3) is 23.1 Å². The number of rotatable bonds is 4. The van der Waals surface area contributed by atoms with Crippen molar-refractivity contribution in [2.45, 2.75) is 13.8 Å². The maximum absolute atomic E-state index is 11.5. The Bertz CT molecular complexity index is 1210. The summed E-state index contributed by atoms with van der Waals surface area (Å²) in [5.74, 6) is -0.765. The number of nitrogens with zero attached hydrogens (tertiary/aromatic N) is 1. The molecule has 0 spiro atoms. The van der Waals surface area contributed by atoms with Gasteiger partial charge in [0.15, 0.2) is 11.5 Å². The molecule has 0 saturated heterocycles. The third kappa shape index (κ3) is 5.05. The highest BCUT2D eigenvalue weighted by atomic mass is 35.5. The number of hydrogen-bond donors (Lipinski definition) is 0. The summed E-state index contributed by atoms with van der Waals surface area (Å²) in [5.41, 5.74) is 1.31. The van der Waals surface area contributed by atoms with E-state index in [0.29, 0.717) is 32.2 Å². The first-order valence-corrected chi connectivity index (χ1v) is 9.99. The predicted octanol–water partition coefficient (Wildman–Crippen LogP) is 6.87. The van der Waals surface area contributed by atoms with E-state index in [9.17, 15) is 9.59 Å². The van der Waals surface area contributed by atoms with E-state index >= 15 is 0 Å². The number of carbonyl (C=O) groups is 2. The van der Waals surface area contributed by atoms with Crippen LogP contribution in [0, 0.1) is 0 Å². The molecule has 0 aliphatic rings. The third-order valence-electron chi connectivity index (χ3n) is 3.82. The van der Waals surface area contributed by atoms with Crippen molar-refractivity contribution in [3.63, 3.8) is 0 Å². The molecule has 5 nitrogen and oxygen atoms in total. The summed E-state index contributed by atoms with van der Waals surface area (Å²) in [6, 6.07) is 8.00. The summed E-state index contributed by atoms with van der Waals surface area (Å²) in [5, 5.41) is 1.67. The Morgan fingerprint density at radius 3 is 2.13 bits per heavy atom. The molecule has 0 bridgehead atoms. The first-order chi connectivity index (χ1) is 14.2. The zero-order chi connectivity index (χ0) is 22.0. The Labute approximate surface area is 192 Å². The van der Waals surface area contributed by atoms with Crippen LogP contribution in [0.3, 0.4) is 0 Å². The van der Waals surface area contributed by atoms with Crippen LogP contribution < -0.4 is 9.47 Å². The number of esters is 2. The number of hydrogen-bond acceptors (Lipinski definition) is 5. The van der Waals surface area contributed by atoms with Crippen molar-refractivity contribution in [3.05, 3.63) is 61.7 Å². The van der Waals surface area contributed by atoms with Crippen LogP contribution >= 0.6 is 46.4 Å². The average molecular weight is 485 g/mol. The van der Waals surface area contributed by atoms with Gasteiger partial charge in [0.2, 0.25) is 0 Å². The topological polar surface area (TPSA) is 65.5 Å². The van der Waals surface area contributed by atoms with Crippen LogP contribution in [0.2, 0.25) is 20.1 Å². The molecule has 0 aliphatic carbocycles. The second-order valence-corrected chi connectivity index (χ2v) is 7.79. The van der Waals surface area contributed by atoms with Crippen molar-refractivity contribution in [2.24, 2.45) is 0 Å². The number of carbonyl (C=O) groups excluding carboxylic acids is 2. The molecule has 0 atom stereocenters. The van der Waals surface area contributed by atoms with E-state index in [-0.39, 0.29) is 21.5 Å². The number of pyridine rings is 1. The minimum absolute atomic E-state index is 0.116. The Hall–Kier alpha value is -2.31. The van der Waals surface area contributed by atoms with Crippen LogP contribution in [-0.4, -0.2) is 16.9 Å². The lowest BCUT2D eigenvalue weighted by Gasteiger charge is -2.10. The highest BCUT2D eigenvalue weighted by molar-refractivity contribution is 6.40. The van der Waals surface area contributed by atoms with Gasteiger partial charge in [-0.05, 0) is 42.5 Å². The van der Waals surface area contributed by atoms with Crippen LogP contribution in [0.1, 0.15) is 25.1 Å². The van der Waals surface area contributed by atoms with E-state index < -0.39 is 11.9 Å². The molecule has 0 unspecified atom stereocenters. The van der Waals surface area contributed by atoms with E-state index in [4.69, 9.17) is 55.9 Å². The zero-order valence-corrected chi connectivity index (χ0v) is 18.7. The van der Waals surface area contributed by atoms with Crippen molar-refractivity contribution in [1.29, 1.82) is 0 Å². The maximum Gasteiger partial charge on any atom is 0.308 e. The van der Waals surface area contributed by atoms with Gasteiger partial charge >= 0.3 is 11.9 Å². The number of ether oxygens (including phenoxy) is 2. The predicted molar refractivity (Wildman–Crippen MR) is 120 cm³/mol. The molecule has 0 N–H and O–H groups in total. The standard InChI is InChI=1S/C21H13Cl4NO4/c1-10(27)29-20-12(7-13(22)8-17(20)24)3-4-14-5-6-15-16(23)9-18(25)21(19(15)26-14)30-11(2)28/h3-9H,1-2H3/b4-3+. The lowest BCUT2D eigenvalue weighted by Crippen LogP contribution is -2.04. The summed E-state index contributed by atoms with van der Waals surface area (Å²) in [6.07, 6.45) is 3.29. The highest BCUT2D eigenvalue weighted by Crippen LogP contribution is 2.38. The molecule has 0 saturated carbocycles. The molecular weight excluding hydrogens is 472 g/mol. The van der Waals surface area contributed by atoms with Gasteiger partial charge in [-0.2, -0.15) is 0 Å². The Balaban J connectivity index is 2.10. The van der Waals surface area contributed by atoms with Crippen LogP contribution in [0.15, 0.2) is 30.3 Å². The summed E-state index contributed by atoms with van der Waals surface area (Å²) in [4.78, 5) is 27.3. The third-order valence-corrected chi connectivity index (χ3v) is 4.91. The van der Waals surface area contributed by atoms with Crippen molar-refractivity contribution in [2.75, 3.05) is 0 Å². The molecule has 0 fully saturated rings. The van der Waals surface area contributed by atoms with Crippen molar-refractivity contribution >= 4 is 81.4 Å². The lowest BCUT2D eigenvalue weighted by molar-refractivity contribution is -0.132. The van der Waals surface area contributed by atoms with E-state index in [2.05, 4.69) is 4.98 Å². The van der Waals surface area contributed by atoms with Crippen molar-refractivity contribution in [3.8, 4) is 11.5 Å². The smallest absolute Gasteiger partial charge is 0.308 e. The molecule has 9 heteroatoms. The summed E-state index contributed by atoms with van der Waals surface area (Å²) in [6.45, 7) is 2.54. The fraction of sp³-hybridized carbons (Fsp3) is 0.0952. The highest BCUT2D eigenvalue weighted by Gasteiger charge is 2.15. The fourth-order valence-electron chi connectivity index (χ4n) is 2.67. The Morgan fingerprint density at radius 2 is 1.47 bits per heavy atom. The first-order valence-electron chi connectivity index (χ1n) is 8.48. The summed E-state index contributed by atoms with van der Waals surface area (Å²) < 4.78 is 10.4. The Morgan fingerprint density at radius 1 is 0.833 bits per heavy atom. The van der Waals surface area contributed by atoms with Gasteiger partial charge in [-0.1, -0.05) is 46.4 Å². The summed E-state index contributed by atoms with van der Waals surface area (Å²) in [7, 11) is 0. The molecule has 1 aromatic heterocycles. The molecule has 30 heavy (non-hydrogen) atoms. The first kappa shape index (κ1) is 22.4. The monoisotopic (exact) mass is 483 g/mol. The molecule has 3 aromatic rings. The average Bonchev–Trinajstić information content (AvgIpc) is 2.65. The second-order valence-electron chi connectivity index (χ2n) is 6.13. The van der Waals surface area contributed by atoms with E-state index in [1.165, 1.54) is 26.0 Å². The van der Waals surface area contributed by atoms with Crippen LogP contribution in [0.4, 0.5) is 0 Å². The maximum atomic E-state index is 11.5. The minimum Gasteiger partial charge on any atom is -0.424 e. The molecule has 0 aliphatic heterocycles.